The van der Waals surface area contributed by atoms with Crippen LogP contribution in [0.3, 0.4) is 0 Å². The number of nitrogens with one attached hydrogen (secondary N) is 1. The first-order chi connectivity index (χ1) is 13.7. The number of hydrogen-bond acceptors (Lipinski definition) is 6. The Kier molecular flexibility index (Phi) is 5.69. The zero-order valence-electron chi connectivity index (χ0n) is 16.5. The van der Waals surface area contributed by atoms with Gasteiger partial charge in [0.15, 0.2) is 4.96 Å². The molecule has 11 heteroatoms. The molecule has 0 spiro atoms. The predicted molar refractivity (Wildman–Crippen MR) is 104 cm³/mol. The van der Waals surface area contributed by atoms with Crippen molar-refractivity contribution in [3.63, 3.8) is 0 Å². The lowest BCUT2D eigenvalue weighted by atomic mass is 10.3. The van der Waals surface area contributed by atoms with Gasteiger partial charge in [-0.1, -0.05) is 0 Å². The number of fused-ring (bicyclic) bond motifs is 1. The Balaban J connectivity index is 2.03. The standard InChI is InChI=1S/C18H21F2N5O3S/c1-5-21-16(27)15-10(3)29-17-22-11(7-13(26)25(15)17)9-24-14(28-6-2)8-12(23-24)18(4,19)20/h7-8H,5-6,9H2,1-4H3,(H,21,27). The van der Waals surface area contributed by atoms with Crippen molar-refractivity contribution in [1.29, 1.82) is 0 Å². The topological polar surface area (TPSA) is 90.5 Å². The maximum Gasteiger partial charge on any atom is 0.288 e. The van der Waals surface area contributed by atoms with E-state index in [1.54, 1.807) is 20.8 Å². The molecule has 0 bridgehead atoms. The number of alkyl halides is 2. The first kappa shape index (κ1) is 20.9. The third-order valence-corrected chi connectivity index (χ3v) is 5.05. The second-order valence-corrected chi connectivity index (χ2v) is 7.60. The summed E-state index contributed by atoms with van der Waals surface area (Å²) >= 11 is 1.21. The molecule has 1 N–H and O–H groups in total. The number of amides is 1. The Morgan fingerprint density at radius 3 is 2.69 bits per heavy atom. The fraction of sp³-hybridized carbons (Fsp3) is 0.444. The molecule has 3 aromatic heterocycles. The van der Waals surface area contributed by atoms with Crippen LogP contribution in [0.1, 0.15) is 47.5 Å². The summed E-state index contributed by atoms with van der Waals surface area (Å²) in [6.07, 6.45) is 0. The normalized spacial score (nSPS) is 11.8. The first-order valence-electron chi connectivity index (χ1n) is 9.04. The summed E-state index contributed by atoms with van der Waals surface area (Å²) in [5.74, 6) is -3.31. The molecule has 0 atom stereocenters. The van der Waals surface area contributed by atoms with Gasteiger partial charge in [0.05, 0.1) is 18.8 Å². The number of halogens is 2. The van der Waals surface area contributed by atoms with Crippen LogP contribution in [0.5, 0.6) is 5.88 Å². The van der Waals surface area contributed by atoms with Crippen LogP contribution in [0, 0.1) is 6.92 Å². The van der Waals surface area contributed by atoms with Crippen molar-refractivity contribution in [2.45, 2.75) is 40.2 Å². The molecule has 0 aliphatic carbocycles. The van der Waals surface area contributed by atoms with Crippen LogP contribution in [0.15, 0.2) is 16.9 Å². The van der Waals surface area contributed by atoms with Crippen molar-refractivity contribution in [3.8, 4) is 5.88 Å². The Morgan fingerprint density at radius 1 is 1.34 bits per heavy atom. The highest BCUT2D eigenvalue weighted by molar-refractivity contribution is 7.17. The summed E-state index contributed by atoms with van der Waals surface area (Å²) in [6, 6.07) is 2.44. The van der Waals surface area contributed by atoms with Gasteiger partial charge >= 0.3 is 0 Å². The van der Waals surface area contributed by atoms with Crippen LogP contribution in [0.25, 0.3) is 4.96 Å². The summed E-state index contributed by atoms with van der Waals surface area (Å²) in [6.45, 7) is 6.69. The Morgan fingerprint density at radius 2 is 2.07 bits per heavy atom. The highest BCUT2D eigenvalue weighted by atomic mass is 32.1. The molecule has 0 aliphatic heterocycles. The molecule has 0 fully saturated rings. The number of ether oxygens (including phenoxy) is 1. The molecule has 0 saturated heterocycles. The first-order valence-corrected chi connectivity index (χ1v) is 9.86. The van der Waals surface area contributed by atoms with Gasteiger partial charge in [0.1, 0.15) is 11.4 Å². The fourth-order valence-electron chi connectivity index (χ4n) is 2.86. The number of carbonyl (C=O) groups excluding carboxylic acids is 1. The molecule has 0 unspecified atom stereocenters. The minimum Gasteiger partial charge on any atom is -0.478 e. The third-order valence-electron chi connectivity index (χ3n) is 4.09. The third kappa shape index (κ3) is 4.14. The lowest BCUT2D eigenvalue weighted by Crippen LogP contribution is -2.28. The summed E-state index contributed by atoms with van der Waals surface area (Å²) in [5, 5.41) is 6.59. The van der Waals surface area contributed by atoms with Crippen LogP contribution in [-0.2, 0) is 12.5 Å². The molecule has 3 aromatic rings. The largest absolute Gasteiger partial charge is 0.478 e. The van der Waals surface area contributed by atoms with E-state index in [9.17, 15) is 18.4 Å². The summed E-state index contributed by atoms with van der Waals surface area (Å²) in [7, 11) is 0. The molecule has 3 heterocycles. The van der Waals surface area contributed by atoms with E-state index >= 15 is 0 Å². The summed E-state index contributed by atoms with van der Waals surface area (Å²) in [5.41, 5.74) is -0.280. The van der Waals surface area contributed by atoms with E-state index in [4.69, 9.17) is 4.74 Å². The van der Waals surface area contributed by atoms with Crippen LogP contribution >= 0.6 is 11.3 Å². The number of aromatic nitrogens is 4. The van der Waals surface area contributed by atoms with E-state index in [0.717, 1.165) is 6.92 Å². The van der Waals surface area contributed by atoms with Gasteiger partial charge in [-0.05, 0) is 20.8 Å². The number of nitrogens with zero attached hydrogens (tertiary/aromatic N) is 4. The van der Waals surface area contributed by atoms with E-state index in [2.05, 4.69) is 15.4 Å². The molecule has 8 nitrogen and oxygen atoms in total. The maximum atomic E-state index is 13.6. The highest BCUT2D eigenvalue weighted by Crippen LogP contribution is 2.29. The molecule has 0 aromatic carbocycles. The van der Waals surface area contributed by atoms with Crippen LogP contribution < -0.4 is 15.6 Å². The quantitative estimate of drug-likeness (QED) is 0.628. The maximum absolute atomic E-state index is 13.6. The van der Waals surface area contributed by atoms with Gasteiger partial charge in [-0.15, -0.1) is 11.3 Å². The van der Waals surface area contributed by atoms with Gasteiger partial charge in [-0.2, -0.15) is 13.9 Å². The average Bonchev–Trinajstić information content (AvgIpc) is 3.16. The number of hydrogen-bond donors (Lipinski definition) is 1. The molecule has 156 valence electrons. The smallest absolute Gasteiger partial charge is 0.288 e. The van der Waals surface area contributed by atoms with E-state index in [0.29, 0.717) is 22.1 Å². The highest BCUT2D eigenvalue weighted by Gasteiger charge is 2.30. The SMILES string of the molecule is CCNC(=O)c1c(C)sc2nc(Cn3nc(C(C)(F)F)cc3OCC)cc(=O)n12. The van der Waals surface area contributed by atoms with Gasteiger partial charge in [0.25, 0.3) is 17.4 Å². The zero-order valence-corrected chi connectivity index (χ0v) is 17.3. The second kappa shape index (κ2) is 7.90. The molecule has 0 radical (unpaired) electrons. The monoisotopic (exact) mass is 425 g/mol. The Bertz CT molecular complexity index is 1110. The fourth-order valence-corrected chi connectivity index (χ4v) is 3.85. The molecule has 29 heavy (non-hydrogen) atoms. The summed E-state index contributed by atoms with van der Waals surface area (Å²) < 4.78 is 35.2. The van der Waals surface area contributed by atoms with Crippen LogP contribution in [0.2, 0.25) is 0 Å². The number of rotatable bonds is 7. The molecule has 0 saturated carbocycles. The lowest BCUT2D eigenvalue weighted by Gasteiger charge is -2.08. The van der Waals surface area contributed by atoms with E-state index in [-0.39, 0.29) is 30.6 Å². The summed E-state index contributed by atoms with van der Waals surface area (Å²) in [4.78, 5) is 30.4. The molecule has 1 amide bonds. The van der Waals surface area contributed by atoms with Crippen molar-refractivity contribution >= 4 is 22.2 Å². The number of aryl methyl sites for hydroxylation is 1. The van der Waals surface area contributed by atoms with Crippen molar-refractivity contribution in [2.24, 2.45) is 0 Å². The van der Waals surface area contributed by atoms with E-state index in [1.165, 1.54) is 32.6 Å². The van der Waals surface area contributed by atoms with Crippen molar-refractivity contribution in [2.75, 3.05) is 13.2 Å². The van der Waals surface area contributed by atoms with Crippen LogP contribution in [-0.4, -0.2) is 38.2 Å². The average molecular weight is 425 g/mol. The second-order valence-electron chi connectivity index (χ2n) is 6.42. The number of thiazole rings is 1. The van der Waals surface area contributed by atoms with Crippen molar-refractivity contribution in [1.82, 2.24) is 24.5 Å². The van der Waals surface area contributed by atoms with E-state index < -0.39 is 17.2 Å². The minimum absolute atomic E-state index is 0.0232. The number of carbonyl (C=O) groups is 1. The predicted octanol–water partition coefficient (Wildman–Crippen LogP) is 2.57. The molecule has 0 aliphatic rings. The van der Waals surface area contributed by atoms with Crippen molar-refractivity contribution in [3.05, 3.63) is 44.4 Å². The lowest BCUT2D eigenvalue weighted by molar-refractivity contribution is 0.0121. The van der Waals surface area contributed by atoms with Gasteiger partial charge < -0.3 is 10.1 Å². The molecular weight excluding hydrogens is 404 g/mol. The van der Waals surface area contributed by atoms with Gasteiger partial charge in [0, 0.05) is 30.5 Å². The van der Waals surface area contributed by atoms with Crippen LogP contribution in [0.4, 0.5) is 8.78 Å². The molecule has 3 rings (SSSR count). The minimum atomic E-state index is -3.12. The van der Waals surface area contributed by atoms with Crippen molar-refractivity contribution < 1.29 is 18.3 Å². The van der Waals surface area contributed by atoms with E-state index in [1.807, 2.05) is 0 Å². The zero-order chi connectivity index (χ0) is 21.3. The van der Waals surface area contributed by atoms with Gasteiger partial charge in [0.2, 0.25) is 5.88 Å². The van der Waals surface area contributed by atoms with Gasteiger partial charge in [-0.3, -0.25) is 9.59 Å². The molecular formula is C18H21F2N5O3S. The van der Waals surface area contributed by atoms with Gasteiger partial charge in [-0.25, -0.2) is 14.1 Å². The Labute approximate surface area is 169 Å². The Hall–Kier alpha value is -2.82.